The lowest BCUT2D eigenvalue weighted by atomic mass is 10.1. The molecule has 6 nitrogen and oxygen atoms in total. The molecule has 1 N–H and O–H groups in total. The molecule has 0 saturated heterocycles. The number of hydrogen-bond donors (Lipinski definition) is 1. The summed E-state index contributed by atoms with van der Waals surface area (Å²) < 4.78 is 11.6. The summed E-state index contributed by atoms with van der Waals surface area (Å²) in [6, 6.07) is 19.7. The minimum absolute atomic E-state index is 0.163. The highest BCUT2D eigenvalue weighted by molar-refractivity contribution is 6.31. The molecule has 3 aromatic rings. The van der Waals surface area contributed by atoms with Gasteiger partial charge in [-0.2, -0.15) is 0 Å². The predicted octanol–water partition coefficient (Wildman–Crippen LogP) is 5.09. The van der Waals surface area contributed by atoms with Crippen molar-refractivity contribution in [3.8, 4) is 11.5 Å². The van der Waals surface area contributed by atoms with Crippen LogP contribution in [0.5, 0.6) is 11.5 Å². The van der Waals surface area contributed by atoms with Gasteiger partial charge in [-0.05, 0) is 67.9 Å². The van der Waals surface area contributed by atoms with Crippen LogP contribution in [0.25, 0.3) is 0 Å². The third-order valence-corrected chi connectivity index (χ3v) is 5.32. The monoisotopic (exact) mass is 450 g/mol. The molecule has 0 fully saturated rings. The number of benzene rings is 3. The number of ether oxygens (including phenoxy) is 2. The van der Waals surface area contributed by atoms with Crippen molar-refractivity contribution in [3.63, 3.8) is 0 Å². The van der Waals surface area contributed by atoms with Crippen molar-refractivity contribution in [1.82, 2.24) is 0 Å². The first-order chi connectivity index (χ1) is 15.4. The Morgan fingerprint density at radius 2 is 1.94 bits per heavy atom. The molecule has 0 spiro atoms. The topological polar surface area (TPSA) is 67.9 Å². The zero-order valence-electron chi connectivity index (χ0n) is 17.8. The second-order valence-electron chi connectivity index (χ2n) is 7.56. The van der Waals surface area contributed by atoms with Gasteiger partial charge in [0, 0.05) is 16.3 Å². The molecule has 164 valence electrons. The van der Waals surface area contributed by atoms with Crippen molar-refractivity contribution >= 4 is 34.8 Å². The Morgan fingerprint density at radius 3 is 2.72 bits per heavy atom. The normalized spacial score (nSPS) is 15.0. The van der Waals surface area contributed by atoms with Crippen molar-refractivity contribution in [2.24, 2.45) is 0 Å². The third kappa shape index (κ3) is 4.86. The molecule has 0 saturated carbocycles. The average Bonchev–Trinajstić information content (AvgIpc) is 2.77. The Kier molecular flexibility index (Phi) is 6.32. The highest BCUT2D eigenvalue weighted by Crippen LogP contribution is 2.36. The van der Waals surface area contributed by atoms with Crippen LogP contribution in [0.1, 0.15) is 22.8 Å². The van der Waals surface area contributed by atoms with Gasteiger partial charge in [-0.25, -0.2) is 0 Å². The molecule has 1 heterocycles. The number of fused-ring (bicyclic) bond motifs is 1. The van der Waals surface area contributed by atoms with Gasteiger partial charge in [-0.3, -0.25) is 9.59 Å². The molecule has 0 aliphatic carbocycles. The first-order valence-electron chi connectivity index (χ1n) is 10.3. The fourth-order valence-electron chi connectivity index (χ4n) is 3.51. The molecule has 7 heteroatoms. The van der Waals surface area contributed by atoms with Crippen LogP contribution >= 0.6 is 11.6 Å². The average molecular weight is 451 g/mol. The molecule has 32 heavy (non-hydrogen) atoms. The van der Waals surface area contributed by atoms with E-state index >= 15 is 0 Å². The van der Waals surface area contributed by atoms with Gasteiger partial charge in [0.1, 0.15) is 18.1 Å². The van der Waals surface area contributed by atoms with Crippen molar-refractivity contribution in [1.29, 1.82) is 0 Å². The molecular formula is C25H23ClN2O4. The molecule has 0 aromatic heterocycles. The summed E-state index contributed by atoms with van der Waals surface area (Å²) in [5, 5.41) is 3.33. The van der Waals surface area contributed by atoms with Gasteiger partial charge in [0.25, 0.3) is 11.8 Å². The number of nitrogens with zero attached hydrogens (tertiary/aromatic N) is 1. The number of carbonyl (C=O) groups excluding carboxylic acids is 2. The number of carbonyl (C=O) groups is 2. The molecule has 3 aromatic carbocycles. The van der Waals surface area contributed by atoms with Gasteiger partial charge < -0.3 is 19.7 Å². The first kappa shape index (κ1) is 21.7. The first-order valence-corrected chi connectivity index (χ1v) is 10.7. The Morgan fingerprint density at radius 1 is 1.12 bits per heavy atom. The Bertz CT molecular complexity index is 1160. The summed E-state index contributed by atoms with van der Waals surface area (Å²) in [5.41, 5.74) is 2.68. The lowest BCUT2D eigenvalue weighted by Gasteiger charge is -2.33. The molecule has 0 bridgehead atoms. The summed E-state index contributed by atoms with van der Waals surface area (Å²) in [6.07, 6.45) is -0.603. The van der Waals surface area contributed by atoms with Crippen molar-refractivity contribution in [3.05, 3.63) is 82.9 Å². The van der Waals surface area contributed by atoms with Crippen LogP contribution in [0, 0.1) is 6.92 Å². The molecule has 1 aliphatic heterocycles. The largest absolute Gasteiger partial charge is 0.492 e. The second kappa shape index (κ2) is 9.32. The van der Waals surface area contributed by atoms with Gasteiger partial charge in [0.05, 0.1) is 12.2 Å². The van der Waals surface area contributed by atoms with E-state index in [9.17, 15) is 9.59 Å². The van der Waals surface area contributed by atoms with Crippen molar-refractivity contribution in [2.45, 2.75) is 20.0 Å². The minimum Gasteiger partial charge on any atom is -0.492 e. The fourth-order valence-corrected chi connectivity index (χ4v) is 3.70. The Balaban J connectivity index is 1.51. The van der Waals surface area contributed by atoms with E-state index in [1.165, 1.54) is 0 Å². The van der Waals surface area contributed by atoms with E-state index in [1.54, 1.807) is 54.3 Å². The van der Waals surface area contributed by atoms with Crippen molar-refractivity contribution in [2.75, 3.05) is 23.4 Å². The highest BCUT2D eigenvalue weighted by atomic mass is 35.5. The van der Waals surface area contributed by atoms with Crippen LogP contribution in [0.2, 0.25) is 5.02 Å². The fraction of sp³-hybridized carbons (Fsp3) is 0.200. The molecule has 2 amide bonds. The quantitative estimate of drug-likeness (QED) is 0.567. The number of hydrogen-bond acceptors (Lipinski definition) is 4. The van der Waals surface area contributed by atoms with E-state index in [0.29, 0.717) is 40.9 Å². The van der Waals surface area contributed by atoms with Crippen LogP contribution < -0.4 is 19.7 Å². The van der Waals surface area contributed by atoms with Crippen LogP contribution in [-0.2, 0) is 4.79 Å². The maximum Gasteiger partial charge on any atom is 0.267 e. The maximum absolute atomic E-state index is 12.8. The standard InChI is InChI=1S/C25H23ClN2O4/c1-16-5-3-8-21(13-16)31-12-11-28-22-15-20(9-10-23(22)32-17(2)25(28)30)27-24(29)18-6-4-7-19(26)14-18/h3-10,13-15,17H,11-12H2,1-2H3,(H,27,29). The van der Waals surface area contributed by atoms with Crippen LogP contribution in [0.3, 0.4) is 0 Å². The molecule has 4 rings (SSSR count). The molecule has 0 radical (unpaired) electrons. The molecule has 1 unspecified atom stereocenters. The highest BCUT2D eigenvalue weighted by Gasteiger charge is 2.31. The Labute approximate surface area is 191 Å². The third-order valence-electron chi connectivity index (χ3n) is 5.09. The molecular weight excluding hydrogens is 428 g/mol. The van der Waals surface area contributed by atoms with Gasteiger partial charge in [0.2, 0.25) is 0 Å². The summed E-state index contributed by atoms with van der Waals surface area (Å²) in [4.78, 5) is 27.0. The Hall–Kier alpha value is -3.51. The van der Waals surface area contributed by atoms with Crippen molar-refractivity contribution < 1.29 is 19.1 Å². The summed E-state index contributed by atoms with van der Waals surface area (Å²) in [7, 11) is 0. The van der Waals surface area contributed by atoms with E-state index in [1.807, 2.05) is 31.2 Å². The number of aryl methyl sites for hydroxylation is 1. The smallest absolute Gasteiger partial charge is 0.267 e. The van der Waals surface area contributed by atoms with Gasteiger partial charge >= 0.3 is 0 Å². The van der Waals surface area contributed by atoms with E-state index in [-0.39, 0.29) is 11.8 Å². The van der Waals surface area contributed by atoms with E-state index in [0.717, 1.165) is 11.3 Å². The minimum atomic E-state index is -0.603. The molecule has 1 atom stereocenters. The van der Waals surface area contributed by atoms with E-state index < -0.39 is 6.10 Å². The summed E-state index contributed by atoms with van der Waals surface area (Å²) in [5.74, 6) is 0.872. The molecule has 1 aliphatic rings. The number of amides is 2. The van der Waals surface area contributed by atoms with Crippen LogP contribution in [-0.4, -0.2) is 31.1 Å². The number of nitrogens with one attached hydrogen (secondary N) is 1. The number of halogens is 1. The predicted molar refractivity (Wildman–Crippen MR) is 125 cm³/mol. The summed E-state index contributed by atoms with van der Waals surface area (Å²) >= 11 is 5.98. The van der Waals surface area contributed by atoms with E-state index in [2.05, 4.69) is 5.32 Å². The van der Waals surface area contributed by atoms with Crippen LogP contribution in [0.4, 0.5) is 11.4 Å². The number of rotatable bonds is 6. The van der Waals surface area contributed by atoms with Gasteiger partial charge in [-0.15, -0.1) is 0 Å². The van der Waals surface area contributed by atoms with Gasteiger partial charge in [-0.1, -0.05) is 29.8 Å². The summed E-state index contributed by atoms with van der Waals surface area (Å²) in [6.45, 7) is 4.38. The maximum atomic E-state index is 12.8. The zero-order chi connectivity index (χ0) is 22.7. The lowest BCUT2D eigenvalue weighted by molar-refractivity contribution is -0.125. The van der Waals surface area contributed by atoms with E-state index in [4.69, 9.17) is 21.1 Å². The second-order valence-corrected chi connectivity index (χ2v) is 8.00. The SMILES string of the molecule is Cc1cccc(OCCN2C(=O)C(C)Oc3ccc(NC(=O)c4cccc(Cl)c4)cc32)c1. The van der Waals surface area contributed by atoms with Gasteiger partial charge in [0.15, 0.2) is 6.10 Å². The lowest BCUT2D eigenvalue weighted by Crippen LogP contribution is -2.46. The van der Waals surface area contributed by atoms with Crippen LogP contribution in [0.15, 0.2) is 66.7 Å². The number of anilines is 2. The zero-order valence-corrected chi connectivity index (χ0v) is 18.6.